The Morgan fingerprint density at radius 3 is 2.50 bits per heavy atom. The summed E-state index contributed by atoms with van der Waals surface area (Å²) in [4.78, 5) is 13.1. The molecule has 1 saturated heterocycles. The molecule has 1 aliphatic rings. The van der Waals surface area contributed by atoms with E-state index in [-0.39, 0.29) is 11.6 Å². The molecular formula is C20H21FO4S. The third kappa shape index (κ3) is 4.15. The first-order valence-corrected chi connectivity index (χ1v) is 9.24. The van der Waals surface area contributed by atoms with E-state index in [1.807, 2.05) is 6.07 Å². The Balaban J connectivity index is 1.84. The van der Waals surface area contributed by atoms with E-state index in [4.69, 9.17) is 14.6 Å². The second-order valence-corrected chi connectivity index (χ2v) is 7.34. The molecule has 1 heterocycles. The molecule has 3 rings (SSSR count). The highest BCUT2D eigenvalue weighted by Crippen LogP contribution is 2.38. The summed E-state index contributed by atoms with van der Waals surface area (Å²) in [6.45, 7) is 0.670. The zero-order valence-electron chi connectivity index (χ0n) is 14.5. The van der Waals surface area contributed by atoms with E-state index >= 15 is 0 Å². The Bertz CT molecular complexity index is 770. The fourth-order valence-corrected chi connectivity index (χ4v) is 4.03. The van der Waals surface area contributed by atoms with Crippen molar-refractivity contribution >= 4 is 17.5 Å². The maximum atomic E-state index is 14.2. The quantitative estimate of drug-likeness (QED) is 0.777. The lowest BCUT2D eigenvalue weighted by atomic mass is 9.86. The molecule has 0 radical (unpaired) electrons. The molecule has 0 saturated carbocycles. The molecule has 0 aliphatic carbocycles. The number of aliphatic hydroxyl groups is 1. The van der Waals surface area contributed by atoms with E-state index < -0.39 is 12.2 Å². The molecule has 0 unspecified atom stereocenters. The molecule has 1 fully saturated rings. The fraction of sp³-hybridized carbons (Fsp3) is 0.350. The maximum Gasteiger partial charge on any atom is 0.188 e. The molecule has 1 aliphatic heterocycles. The number of carbonyl (C=O) groups excluding carboxylic acids is 1. The van der Waals surface area contributed by atoms with Crippen LogP contribution in [0.25, 0.3) is 0 Å². The number of methoxy groups -OCH3 is 1. The SMILES string of the molecule is COC1(c2cc(F)cc(Sc3ccc(C(=O)CO)cc3)c2)CCOCC1. The minimum atomic E-state index is -0.521. The Morgan fingerprint density at radius 2 is 1.88 bits per heavy atom. The zero-order chi connectivity index (χ0) is 18.6. The molecule has 0 atom stereocenters. The highest BCUT2D eigenvalue weighted by atomic mass is 32.2. The van der Waals surface area contributed by atoms with Gasteiger partial charge in [0.2, 0.25) is 0 Å². The van der Waals surface area contributed by atoms with Crippen LogP contribution in [0.5, 0.6) is 0 Å². The molecule has 0 aromatic heterocycles. The molecule has 0 spiro atoms. The number of hydrogen-bond donors (Lipinski definition) is 1. The predicted octanol–water partition coefficient (Wildman–Crippen LogP) is 3.80. The lowest BCUT2D eigenvalue weighted by Gasteiger charge is -2.36. The summed E-state index contributed by atoms with van der Waals surface area (Å²) in [5.74, 6) is -0.629. The molecule has 1 N–H and O–H groups in total. The predicted molar refractivity (Wildman–Crippen MR) is 97.1 cm³/mol. The van der Waals surface area contributed by atoms with E-state index in [0.29, 0.717) is 31.6 Å². The highest BCUT2D eigenvalue weighted by molar-refractivity contribution is 7.99. The summed E-state index contributed by atoms with van der Waals surface area (Å²) in [5, 5.41) is 8.91. The van der Waals surface area contributed by atoms with E-state index in [2.05, 4.69) is 0 Å². The molecule has 4 nitrogen and oxygen atoms in total. The number of ether oxygens (including phenoxy) is 2. The number of hydrogen-bond acceptors (Lipinski definition) is 5. The number of ketones is 1. The summed E-state index contributed by atoms with van der Waals surface area (Å²) in [6, 6.07) is 11.9. The molecule has 2 aromatic rings. The number of aliphatic hydroxyl groups excluding tert-OH is 1. The van der Waals surface area contributed by atoms with Crippen LogP contribution in [-0.2, 0) is 15.1 Å². The minimum absolute atomic E-state index is 0.306. The lowest BCUT2D eigenvalue weighted by Crippen LogP contribution is -2.35. The van der Waals surface area contributed by atoms with E-state index in [1.54, 1.807) is 31.4 Å². The summed E-state index contributed by atoms with van der Waals surface area (Å²) in [7, 11) is 1.65. The Morgan fingerprint density at radius 1 is 1.19 bits per heavy atom. The van der Waals surface area contributed by atoms with Gasteiger partial charge in [0.1, 0.15) is 12.4 Å². The normalized spacial score (nSPS) is 16.4. The Labute approximate surface area is 156 Å². The Kier molecular flexibility index (Phi) is 6.09. The standard InChI is InChI=1S/C20H21FO4S/c1-24-20(6-8-25-9-7-20)15-10-16(21)12-18(11-15)26-17-4-2-14(3-5-17)19(23)13-22/h2-5,10-12,22H,6-9,13H2,1H3. The van der Waals surface area contributed by atoms with Crippen LogP contribution in [0.4, 0.5) is 4.39 Å². The van der Waals surface area contributed by atoms with Crippen LogP contribution in [0.2, 0.25) is 0 Å². The van der Waals surface area contributed by atoms with Gasteiger partial charge in [-0.3, -0.25) is 4.79 Å². The highest BCUT2D eigenvalue weighted by Gasteiger charge is 2.35. The van der Waals surface area contributed by atoms with Gasteiger partial charge in [0, 0.05) is 48.5 Å². The first-order valence-electron chi connectivity index (χ1n) is 8.42. The zero-order valence-corrected chi connectivity index (χ0v) is 15.4. The molecule has 6 heteroatoms. The second-order valence-electron chi connectivity index (χ2n) is 6.19. The largest absolute Gasteiger partial charge is 0.388 e. The summed E-state index contributed by atoms with van der Waals surface area (Å²) in [5.41, 5.74) is 0.753. The topological polar surface area (TPSA) is 55.8 Å². The van der Waals surface area contributed by atoms with Crippen molar-refractivity contribution in [2.45, 2.75) is 28.2 Å². The molecule has 0 bridgehead atoms. The van der Waals surface area contributed by atoms with Crippen LogP contribution in [-0.4, -0.2) is 37.8 Å². The van der Waals surface area contributed by atoms with E-state index in [9.17, 15) is 9.18 Å². The maximum absolute atomic E-state index is 14.2. The average molecular weight is 376 g/mol. The minimum Gasteiger partial charge on any atom is -0.388 e. The number of benzene rings is 2. The van der Waals surface area contributed by atoms with Crippen LogP contribution >= 0.6 is 11.8 Å². The van der Waals surface area contributed by atoms with Crippen LogP contribution < -0.4 is 0 Å². The van der Waals surface area contributed by atoms with Crippen molar-refractivity contribution in [1.82, 2.24) is 0 Å². The molecule has 26 heavy (non-hydrogen) atoms. The van der Waals surface area contributed by atoms with Gasteiger partial charge in [0.15, 0.2) is 5.78 Å². The third-order valence-electron chi connectivity index (χ3n) is 4.64. The number of halogens is 1. The first-order chi connectivity index (χ1) is 12.6. The molecule has 0 amide bonds. The van der Waals surface area contributed by atoms with Crippen molar-refractivity contribution < 1.29 is 23.8 Å². The van der Waals surface area contributed by atoms with Gasteiger partial charge >= 0.3 is 0 Å². The van der Waals surface area contributed by atoms with Gasteiger partial charge in [-0.1, -0.05) is 23.9 Å². The lowest BCUT2D eigenvalue weighted by molar-refractivity contribution is -0.0950. The number of Topliss-reactive ketones (excluding diaryl/α,β-unsaturated/α-hetero) is 1. The van der Waals surface area contributed by atoms with Crippen LogP contribution in [0.15, 0.2) is 52.3 Å². The third-order valence-corrected chi connectivity index (χ3v) is 5.62. The summed E-state index contributed by atoms with van der Waals surface area (Å²) >= 11 is 1.42. The molecular weight excluding hydrogens is 355 g/mol. The van der Waals surface area contributed by atoms with Crippen molar-refractivity contribution in [3.63, 3.8) is 0 Å². The fourth-order valence-electron chi connectivity index (χ4n) is 3.13. The van der Waals surface area contributed by atoms with Gasteiger partial charge in [-0.25, -0.2) is 4.39 Å². The van der Waals surface area contributed by atoms with Crippen molar-refractivity contribution in [3.8, 4) is 0 Å². The van der Waals surface area contributed by atoms with Gasteiger partial charge < -0.3 is 14.6 Å². The van der Waals surface area contributed by atoms with Crippen LogP contribution in [0, 0.1) is 5.82 Å². The average Bonchev–Trinajstić information content (AvgIpc) is 2.68. The van der Waals surface area contributed by atoms with E-state index in [1.165, 1.54) is 23.9 Å². The summed E-state index contributed by atoms with van der Waals surface area (Å²) < 4.78 is 25.4. The van der Waals surface area contributed by atoms with Gasteiger partial charge in [-0.2, -0.15) is 0 Å². The van der Waals surface area contributed by atoms with Gasteiger partial charge in [-0.05, 0) is 35.9 Å². The Hall–Kier alpha value is -1.73. The number of carbonyl (C=O) groups is 1. The van der Waals surface area contributed by atoms with Crippen molar-refractivity contribution in [2.24, 2.45) is 0 Å². The van der Waals surface area contributed by atoms with Crippen molar-refractivity contribution in [3.05, 3.63) is 59.4 Å². The summed E-state index contributed by atoms with van der Waals surface area (Å²) in [6.07, 6.45) is 1.38. The molecule has 138 valence electrons. The van der Waals surface area contributed by atoms with Gasteiger partial charge in [-0.15, -0.1) is 0 Å². The van der Waals surface area contributed by atoms with Gasteiger partial charge in [0.25, 0.3) is 0 Å². The van der Waals surface area contributed by atoms with Crippen molar-refractivity contribution in [2.75, 3.05) is 26.9 Å². The van der Waals surface area contributed by atoms with E-state index in [0.717, 1.165) is 15.4 Å². The van der Waals surface area contributed by atoms with Crippen LogP contribution in [0.1, 0.15) is 28.8 Å². The first kappa shape index (κ1) is 19.0. The monoisotopic (exact) mass is 376 g/mol. The number of rotatable bonds is 6. The second kappa shape index (κ2) is 8.31. The van der Waals surface area contributed by atoms with Gasteiger partial charge in [0.05, 0.1) is 5.60 Å². The molecule has 2 aromatic carbocycles. The van der Waals surface area contributed by atoms with Crippen molar-refractivity contribution in [1.29, 1.82) is 0 Å². The van der Waals surface area contributed by atoms with Crippen LogP contribution in [0.3, 0.4) is 0 Å². The smallest absolute Gasteiger partial charge is 0.188 e.